The second-order valence-electron chi connectivity index (χ2n) is 7.75. The van der Waals surface area contributed by atoms with Crippen molar-refractivity contribution >= 4 is 11.9 Å². The number of rotatable bonds is 8. The SMILES string of the molecule is CCNC(=NCCc1cccc(C(=O)NC)c1)NC1CC(OCC)C12CCC2. The van der Waals surface area contributed by atoms with Gasteiger partial charge >= 0.3 is 0 Å². The van der Waals surface area contributed by atoms with Crippen molar-refractivity contribution in [1.82, 2.24) is 16.0 Å². The van der Waals surface area contributed by atoms with Gasteiger partial charge < -0.3 is 20.7 Å². The Bertz CT molecular complexity index is 700. The smallest absolute Gasteiger partial charge is 0.251 e. The van der Waals surface area contributed by atoms with E-state index in [9.17, 15) is 4.79 Å². The molecule has 0 heterocycles. The number of amides is 1. The molecule has 2 aliphatic rings. The largest absolute Gasteiger partial charge is 0.378 e. The highest BCUT2D eigenvalue weighted by Gasteiger charge is 2.59. The first kappa shape index (κ1) is 20.6. The molecule has 154 valence electrons. The van der Waals surface area contributed by atoms with Gasteiger partial charge in [-0.25, -0.2) is 0 Å². The van der Waals surface area contributed by atoms with Crippen molar-refractivity contribution in [3.8, 4) is 0 Å². The quantitative estimate of drug-likeness (QED) is 0.474. The standard InChI is InChI=1S/C22H34N4O2/c1-4-24-21(26-18-15-19(28-5-2)22(18)11-7-12-22)25-13-10-16-8-6-9-17(14-16)20(27)23-3/h6,8-9,14,18-19H,4-5,7,10-13,15H2,1-3H3,(H,23,27)(H2,24,25,26). The fourth-order valence-electron chi connectivity index (χ4n) is 4.43. The topological polar surface area (TPSA) is 74.8 Å². The summed E-state index contributed by atoms with van der Waals surface area (Å²) in [4.78, 5) is 16.6. The molecule has 3 rings (SSSR count). The Morgan fingerprint density at radius 2 is 2.14 bits per heavy atom. The molecule has 0 aromatic heterocycles. The lowest BCUT2D eigenvalue weighted by Gasteiger charge is -2.61. The number of nitrogens with zero attached hydrogens (tertiary/aromatic N) is 1. The molecule has 0 radical (unpaired) electrons. The number of hydrogen-bond acceptors (Lipinski definition) is 3. The molecule has 3 N–H and O–H groups in total. The molecule has 1 aromatic carbocycles. The molecule has 6 heteroatoms. The van der Waals surface area contributed by atoms with E-state index in [-0.39, 0.29) is 5.91 Å². The van der Waals surface area contributed by atoms with Gasteiger partial charge in [-0.3, -0.25) is 9.79 Å². The molecule has 0 bridgehead atoms. The normalized spacial score (nSPS) is 22.9. The van der Waals surface area contributed by atoms with Crippen LogP contribution in [0.4, 0.5) is 0 Å². The lowest BCUT2D eigenvalue weighted by molar-refractivity contribution is -0.168. The Hall–Kier alpha value is -2.08. The van der Waals surface area contributed by atoms with Crippen molar-refractivity contribution in [2.75, 3.05) is 26.7 Å². The summed E-state index contributed by atoms with van der Waals surface area (Å²) >= 11 is 0. The van der Waals surface area contributed by atoms with E-state index in [1.165, 1.54) is 19.3 Å². The van der Waals surface area contributed by atoms with E-state index in [0.717, 1.165) is 37.5 Å². The van der Waals surface area contributed by atoms with Crippen molar-refractivity contribution in [3.63, 3.8) is 0 Å². The highest BCUT2D eigenvalue weighted by molar-refractivity contribution is 5.94. The first-order chi connectivity index (χ1) is 13.6. The lowest BCUT2D eigenvalue weighted by Crippen LogP contribution is -2.68. The van der Waals surface area contributed by atoms with Gasteiger partial charge in [0, 0.05) is 43.8 Å². The van der Waals surface area contributed by atoms with Gasteiger partial charge in [0.25, 0.3) is 5.91 Å². The number of aliphatic imine (C=N–C) groups is 1. The molecule has 1 aromatic rings. The van der Waals surface area contributed by atoms with Gasteiger partial charge in [0.2, 0.25) is 0 Å². The number of ether oxygens (including phenoxy) is 1. The van der Waals surface area contributed by atoms with Crippen molar-refractivity contribution in [1.29, 1.82) is 0 Å². The van der Waals surface area contributed by atoms with Crippen LogP contribution >= 0.6 is 0 Å². The minimum absolute atomic E-state index is 0.0556. The highest BCUT2D eigenvalue weighted by atomic mass is 16.5. The van der Waals surface area contributed by atoms with Gasteiger partial charge in [0.1, 0.15) is 0 Å². The molecule has 2 aliphatic carbocycles. The van der Waals surface area contributed by atoms with E-state index < -0.39 is 0 Å². The van der Waals surface area contributed by atoms with Gasteiger partial charge in [0.15, 0.2) is 5.96 Å². The number of guanidine groups is 1. The van der Waals surface area contributed by atoms with E-state index in [1.807, 2.05) is 24.3 Å². The summed E-state index contributed by atoms with van der Waals surface area (Å²) < 4.78 is 5.95. The first-order valence-electron chi connectivity index (χ1n) is 10.6. The molecule has 28 heavy (non-hydrogen) atoms. The third-order valence-corrected chi connectivity index (χ3v) is 6.18. The van der Waals surface area contributed by atoms with Crippen LogP contribution in [0, 0.1) is 5.41 Å². The maximum absolute atomic E-state index is 11.8. The molecular formula is C22H34N4O2. The molecule has 2 fully saturated rings. The number of carbonyl (C=O) groups is 1. The second-order valence-corrected chi connectivity index (χ2v) is 7.75. The lowest BCUT2D eigenvalue weighted by atomic mass is 9.51. The number of carbonyl (C=O) groups excluding carboxylic acids is 1. The van der Waals surface area contributed by atoms with Crippen molar-refractivity contribution in [2.45, 2.75) is 58.1 Å². The number of hydrogen-bond donors (Lipinski definition) is 3. The van der Waals surface area contributed by atoms with E-state index in [2.05, 4.69) is 29.8 Å². The predicted molar refractivity (Wildman–Crippen MR) is 113 cm³/mol. The average molecular weight is 387 g/mol. The van der Waals surface area contributed by atoms with Crippen LogP contribution in [0.5, 0.6) is 0 Å². The molecule has 0 aliphatic heterocycles. The van der Waals surface area contributed by atoms with Crippen molar-refractivity contribution < 1.29 is 9.53 Å². The highest BCUT2D eigenvalue weighted by Crippen LogP contribution is 2.57. The summed E-state index contributed by atoms with van der Waals surface area (Å²) in [6.07, 6.45) is 6.07. The van der Waals surface area contributed by atoms with Gasteiger partial charge in [0.05, 0.1) is 6.10 Å². The van der Waals surface area contributed by atoms with Gasteiger partial charge in [-0.1, -0.05) is 18.6 Å². The Morgan fingerprint density at radius 3 is 2.79 bits per heavy atom. The van der Waals surface area contributed by atoms with Crippen LogP contribution in [0.15, 0.2) is 29.3 Å². The molecule has 0 saturated heterocycles. The van der Waals surface area contributed by atoms with Crippen LogP contribution in [0.2, 0.25) is 0 Å². The van der Waals surface area contributed by atoms with E-state index in [4.69, 9.17) is 9.73 Å². The summed E-state index contributed by atoms with van der Waals surface area (Å²) in [7, 11) is 1.65. The number of benzene rings is 1. The van der Waals surface area contributed by atoms with Crippen LogP contribution in [0.3, 0.4) is 0 Å². The zero-order valence-corrected chi connectivity index (χ0v) is 17.4. The minimum Gasteiger partial charge on any atom is -0.378 e. The monoisotopic (exact) mass is 386 g/mol. The molecule has 6 nitrogen and oxygen atoms in total. The average Bonchev–Trinajstić information content (AvgIpc) is 2.65. The maximum atomic E-state index is 11.8. The van der Waals surface area contributed by atoms with Crippen molar-refractivity contribution in [2.24, 2.45) is 10.4 Å². The Balaban J connectivity index is 1.57. The van der Waals surface area contributed by atoms with Gasteiger partial charge in [-0.05, 0) is 57.2 Å². The van der Waals surface area contributed by atoms with Crippen LogP contribution in [0.1, 0.15) is 55.5 Å². The summed E-state index contributed by atoms with van der Waals surface area (Å²) in [5.41, 5.74) is 2.13. The second kappa shape index (κ2) is 9.41. The first-order valence-corrected chi connectivity index (χ1v) is 10.6. The van der Waals surface area contributed by atoms with Crippen LogP contribution in [-0.4, -0.2) is 50.8 Å². The Kier molecular flexibility index (Phi) is 6.94. The van der Waals surface area contributed by atoms with Gasteiger partial charge in [-0.2, -0.15) is 0 Å². The Labute approximate surface area is 168 Å². The molecular weight excluding hydrogens is 352 g/mol. The Morgan fingerprint density at radius 1 is 1.32 bits per heavy atom. The van der Waals surface area contributed by atoms with Crippen molar-refractivity contribution in [3.05, 3.63) is 35.4 Å². The fourth-order valence-corrected chi connectivity index (χ4v) is 4.43. The molecule has 2 atom stereocenters. The molecule has 2 unspecified atom stereocenters. The minimum atomic E-state index is -0.0556. The summed E-state index contributed by atoms with van der Waals surface area (Å²) in [6, 6.07) is 8.20. The zero-order chi connectivity index (χ0) is 20.0. The van der Waals surface area contributed by atoms with Crippen LogP contribution in [0.25, 0.3) is 0 Å². The molecule has 1 spiro atoms. The number of nitrogens with one attached hydrogen (secondary N) is 3. The van der Waals surface area contributed by atoms with E-state index in [0.29, 0.717) is 29.7 Å². The predicted octanol–water partition coefficient (Wildman–Crippen LogP) is 2.49. The van der Waals surface area contributed by atoms with Gasteiger partial charge in [-0.15, -0.1) is 0 Å². The zero-order valence-electron chi connectivity index (χ0n) is 17.4. The summed E-state index contributed by atoms with van der Waals surface area (Å²) in [6.45, 7) is 6.49. The summed E-state index contributed by atoms with van der Waals surface area (Å²) in [5.74, 6) is 0.830. The van der Waals surface area contributed by atoms with Crippen LogP contribution in [-0.2, 0) is 11.2 Å². The fraction of sp³-hybridized carbons (Fsp3) is 0.636. The van der Waals surface area contributed by atoms with E-state index >= 15 is 0 Å². The third-order valence-electron chi connectivity index (χ3n) is 6.18. The summed E-state index contributed by atoms with van der Waals surface area (Å²) in [5, 5.41) is 9.70. The molecule has 2 saturated carbocycles. The third kappa shape index (κ3) is 4.32. The molecule has 1 amide bonds. The van der Waals surface area contributed by atoms with Crippen LogP contribution < -0.4 is 16.0 Å². The maximum Gasteiger partial charge on any atom is 0.251 e. The van der Waals surface area contributed by atoms with E-state index in [1.54, 1.807) is 7.05 Å².